The molecule has 1 rings (SSSR count). The van der Waals surface area contributed by atoms with E-state index in [0.717, 1.165) is 18.5 Å². The molecule has 1 N–H and O–H groups in total. The third-order valence-electron chi connectivity index (χ3n) is 2.36. The number of nitrogens with one attached hydrogen (secondary N) is 1. The van der Waals surface area contributed by atoms with E-state index in [-0.39, 0.29) is 5.69 Å². The van der Waals surface area contributed by atoms with Crippen molar-refractivity contribution in [2.45, 2.75) is 26.3 Å². The third kappa shape index (κ3) is 4.40. The first-order valence-electron chi connectivity index (χ1n) is 5.58. The van der Waals surface area contributed by atoms with Gasteiger partial charge in [-0.1, -0.05) is 13.8 Å². The van der Waals surface area contributed by atoms with E-state index in [0.29, 0.717) is 11.8 Å². The van der Waals surface area contributed by atoms with Gasteiger partial charge in [-0.3, -0.25) is 10.1 Å². The van der Waals surface area contributed by atoms with Gasteiger partial charge in [0.05, 0.1) is 18.1 Å². The molecule has 0 amide bonds. The maximum Gasteiger partial charge on any atom is 0.273 e. The van der Waals surface area contributed by atoms with Crippen molar-refractivity contribution >= 4 is 5.69 Å². The Morgan fingerprint density at radius 1 is 1.41 bits per heavy atom. The summed E-state index contributed by atoms with van der Waals surface area (Å²) in [5.74, 6) is 0.527. The van der Waals surface area contributed by atoms with E-state index < -0.39 is 4.92 Å². The number of benzene rings is 1. The number of non-ortho nitro benzene ring substituents is 1. The van der Waals surface area contributed by atoms with Crippen molar-refractivity contribution in [3.63, 3.8) is 0 Å². The highest BCUT2D eigenvalue weighted by molar-refractivity contribution is 5.42. The summed E-state index contributed by atoms with van der Waals surface area (Å²) in [5, 5.41) is 14.0. The van der Waals surface area contributed by atoms with Crippen molar-refractivity contribution < 1.29 is 9.66 Å². The second-order valence-corrected chi connectivity index (χ2v) is 4.16. The van der Waals surface area contributed by atoms with E-state index in [2.05, 4.69) is 19.2 Å². The molecule has 0 heterocycles. The Morgan fingerprint density at radius 2 is 2.12 bits per heavy atom. The average molecular weight is 238 g/mol. The summed E-state index contributed by atoms with van der Waals surface area (Å²) in [6, 6.07) is 5.26. The molecule has 0 spiro atoms. The lowest BCUT2D eigenvalue weighted by Gasteiger charge is -2.08. The zero-order valence-electron chi connectivity index (χ0n) is 10.4. The van der Waals surface area contributed by atoms with Crippen LogP contribution in [0.4, 0.5) is 5.69 Å². The molecule has 0 aliphatic heterocycles. The highest BCUT2D eigenvalue weighted by atomic mass is 16.6. The van der Waals surface area contributed by atoms with Gasteiger partial charge >= 0.3 is 0 Å². The number of rotatable bonds is 6. The molecule has 0 unspecified atom stereocenters. The van der Waals surface area contributed by atoms with Crippen LogP contribution in [-0.2, 0) is 6.42 Å². The number of ether oxygens (including phenoxy) is 1. The van der Waals surface area contributed by atoms with Crippen LogP contribution in [0.5, 0.6) is 5.75 Å². The molecule has 0 bridgehead atoms. The molecule has 0 aliphatic carbocycles. The van der Waals surface area contributed by atoms with Gasteiger partial charge < -0.3 is 10.1 Å². The Hall–Kier alpha value is -1.62. The van der Waals surface area contributed by atoms with Gasteiger partial charge in [0.25, 0.3) is 5.69 Å². The maximum atomic E-state index is 10.7. The van der Waals surface area contributed by atoms with Crippen molar-refractivity contribution in [1.29, 1.82) is 0 Å². The van der Waals surface area contributed by atoms with E-state index in [1.165, 1.54) is 13.2 Å². The summed E-state index contributed by atoms with van der Waals surface area (Å²) in [6.45, 7) is 4.92. The zero-order valence-corrected chi connectivity index (χ0v) is 10.4. The molecule has 0 saturated heterocycles. The van der Waals surface area contributed by atoms with Crippen LogP contribution in [0.3, 0.4) is 0 Å². The van der Waals surface area contributed by atoms with Gasteiger partial charge in [-0.25, -0.2) is 0 Å². The molecule has 0 aromatic heterocycles. The fourth-order valence-electron chi connectivity index (χ4n) is 1.52. The van der Waals surface area contributed by atoms with E-state index in [1.54, 1.807) is 6.07 Å². The van der Waals surface area contributed by atoms with E-state index in [4.69, 9.17) is 4.74 Å². The first kappa shape index (κ1) is 13.4. The number of nitrogens with zero attached hydrogens (tertiary/aromatic N) is 1. The average Bonchev–Trinajstić information content (AvgIpc) is 2.28. The Bertz CT molecular complexity index is 391. The van der Waals surface area contributed by atoms with Gasteiger partial charge in [0.2, 0.25) is 0 Å². The molecule has 1 aromatic rings. The SMILES string of the molecule is COc1cc(CCNC(C)C)cc([N+](=O)[O-])c1. The minimum atomic E-state index is -0.401. The number of nitro groups is 1. The van der Waals surface area contributed by atoms with E-state index >= 15 is 0 Å². The maximum absolute atomic E-state index is 10.7. The minimum Gasteiger partial charge on any atom is -0.496 e. The Kier molecular flexibility index (Phi) is 4.90. The van der Waals surface area contributed by atoms with Crippen LogP contribution in [-0.4, -0.2) is 24.6 Å². The highest BCUT2D eigenvalue weighted by Crippen LogP contribution is 2.22. The first-order chi connectivity index (χ1) is 8.02. The number of hydrogen-bond acceptors (Lipinski definition) is 4. The van der Waals surface area contributed by atoms with Crippen LogP contribution < -0.4 is 10.1 Å². The standard InChI is InChI=1S/C12H18N2O3/c1-9(2)13-5-4-10-6-11(14(15)16)8-12(7-10)17-3/h6-9,13H,4-5H2,1-3H3. The van der Waals surface area contributed by atoms with Gasteiger partial charge in [0.1, 0.15) is 5.75 Å². The molecule has 17 heavy (non-hydrogen) atoms. The van der Waals surface area contributed by atoms with Crippen molar-refractivity contribution in [3.05, 3.63) is 33.9 Å². The number of methoxy groups -OCH3 is 1. The fraction of sp³-hybridized carbons (Fsp3) is 0.500. The van der Waals surface area contributed by atoms with Gasteiger partial charge in [0, 0.05) is 12.1 Å². The smallest absolute Gasteiger partial charge is 0.273 e. The molecule has 0 fully saturated rings. The van der Waals surface area contributed by atoms with Gasteiger partial charge in [-0.05, 0) is 24.6 Å². The van der Waals surface area contributed by atoms with Crippen LogP contribution in [0.15, 0.2) is 18.2 Å². The normalized spacial score (nSPS) is 10.6. The minimum absolute atomic E-state index is 0.0731. The topological polar surface area (TPSA) is 64.4 Å². The lowest BCUT2D eigenvalue weighted by molar-refractivity contribution is -0.385. The molecule has 5 heteroatoms. The van der Waals surface area contributed by atoms with E-state index in [9.17, 15) is 10.1 Å². The Morgan fingerprint density at radius 3 is 2.65 bits per heavy atom. The van der Waals surface area contributed by atoms with Crippen LogP contribution in [0.1, 0.15) is 19.4 Å². The molecule has 0 aliphatic rings. The van der Waals surface area contributed by atoms with Crippen LogP contribution in [0, 0.1) is 10.1 Å². The molecule has 94 valence electrons. The predicted octanol–water partition coefficient (Wildman–Crippen LogP) is 2.14. The number of nitro benzene ring substituents is 1. The van der Waals surface area contributed by atoms with Crippen LogP contribution in [0.2, 0.25) is 0 Å². The van der Waals surface area contributed by atoms with Gasteiger partial charge in [-0.15, -0.1) is 0 Å². The van der Waals surface area contributed by atoms with Crippen LogP contribution in [0.25, 0.3) is 0 Å². The van der Waals surface area contributed by atoms with Crippen molar-refractivity contribution in [2.24, 2.45) is 0 Å². The Balaban J connectivity index is 2.76. The molecule has 0 saturated carbocycles. The van der Waals surface area contributed by atoms with Crippen molar-refractivity contribution in [2.75, 3.05) is 13.7 Å². The van der Waals surface area contributed by atoms with E-state index in [1.807, 2.05) is 6.07 Å². The zero-order chi connectivity index (χ0) is 12.8. The summed E-state index contributed by atoms with van der Waals surface area (Å²) in [4.78, 5) is 10.3. The molecule has 5 nitrogen and oxygen atoms in total. The summed E-state index contributed by atoms with van der Waals surface area (Å²) in [7, 11) is 1.51. The summed E-state index contributed by atoms with van der Waals surface area (Å²) < 4.78 is 5.05. The Labute approximate surface area is 101 Å². The summed E-state index contributed by atoms with van der Waals surface area (Å²) >= 11 is 0. The first-order valence-corrected chi connectivity index (χ1v) is 5.58. The molecule has 1 aromatic carbocycles. The lowest BCUT2D eigenvalue weighted by Crippen LogP contribution is -2.24. The quantitative estimate of drug-likeness (QED) is 0.609. The largest absolute Gasteiger partial charge is 0.496 e. The molecule has 0 radical (unpaired) electrons. The highest BCUT2D eigenvalue weighted by Gasteiger charge is 2.10. The monoisotopic (exact) mass is 238 g/mol. The summed E-state index contributed by atoms with van der Waals surface area (Å²) in [5.41, 5.74) is 0.980. The third-order valence-corrected chi connectivity index (χ3v) is 2.36. The van der Waals surface area contributed by atoms with Gasteiger partial charge in [-0.2, -0.15) is 0 Å². The second-order valence-electron chi connectivity index (χ2n) is 4.16. The lowest BCUT2D eigenvalue weighted by atomic mass is 10.1. The van der Waals surface area contributed by atoms with Crippen molar-refractivity contribution in [3.8, 4) is 5.75 Å². The number of hydrogen-bond donors (Lipinski definition) is 1. The molecular formula is C12H18N2O3. The second kappa shape index (κ2) is 6.20. The van der Waals surface area contributed by atoms with Crippen molar-refractivity contribution in [1.82, 2.24) is 5.32 Å². The van der Waals surface area contributed by atoms with Gasteiger partial charge in [0.15, 0.2) is 0 Å². The van der Waals surface area contributed by atoms with Crippen LogP contribution >= 0.6 is 0 Å². The molecular weight excluding hydrogens is 220 g/mol. The summed E-state index contributed by atoms with van der Waals surface area (Å²) in [6.07, 6.45) is 0.746. The fourth-order valence-corrected chi connectivity index (χ4v) is 1.52. The molecule has 0 atom stereocenters. The predicted molar refractivity (Wildman–Crippen MR) is 66.5 cm³/mol.